The lowest BCUT2D eigenvalue weighted by Gasteiger charge is -2.27. The van der Waals surface area contributed by atoms with Gasteiger partial charge in [0, 0.05) is 16.7 Å². The zero-order valence-electron chi connectivity index (χ0n) is 11.0. The van der Waals surface area contributed by atoms with E-state index in [1.165, 1.54) is 6.07 Å². The summed E-state index contributed by atoms with van der Waals surface area (Å²) in [5.74, 6) is 3.19. The number of aromatic hydroxyl groups is 1. The highest BCUT2D eigenvalue weighted by atomic mass is 35.5. The fourth-order valence-electron chi connectivity index (χ4n) is 2.48. The maximum Gasteiger partial charge on any atom is 0.203 e. The van der Waals surface area contributed by atoms with Gasteiger partial charge in [-0.2, -0.15) is 0 Å². The number of halogens is 1. The van der Waals surface area contributed by atoms with Crippen LogP contribution in [0.25, 0.3) is 0 Å². The minimum absolute atomic E-state index is 0.112. The first-order valence-corrected chi connectivity index (χ1v) is 6.70. The van der Waals surface area contributed by atoms with Crippen LogP contribution < -0.4 is 10.5 Å². The van der Waals surface area contributed by atoms with Crippen LogP contribution in [0.5, 0.6) is 11.5 Å². The van der Waals surface area contributed by atoms with E-state index in [-0.39, 0.29) is 17.6 Å². The molecule has 3 nitrogen and oxygen atoms in total. The average molecular weight is 298 g/mol. The summed E-state index contributed by atoms with van der Waals surface area (Å²) in [5, 5.41) is 10.2. The Morgan fingerprint density at radius 1 is 1.19 bits per heavy atom. The molecule has 0 aromatic heterocycles. The van der Waals surface area contributed by atoms with Gasteiger partial charge in [-0.15, -0.1) is 6.42 Å². The van der Waals surface area contributed by atoms with Crippen molar-refractivity contribution in [2.24, 2.45) is 5.73 Å². The standard InChI is InChI=1S/C17H12ClNO2/c1-2-13-16(10-3-5-11(18)6-4-10)14-8-7-12(20)9-15(14)21-17(13)19/h1,3-9,16,20H,19H2/t16-/m1/s1. The predicted molar refractivity (Wildman–Crippen MR) is 82.1 cm³/mol. The summed E-state index contributed by atoms with van der Waals surface area (Å²) in [7, 11) is 0. The van der Waals surface area contributed by atoms with Crippen molar-refractivity contribution in [3.8, 4) is 23.8 Å². The molecular formula is C17H12ClNO2. The molecule has 2 aromatic carbocycles. The molecular weight excluding hydrogens is 286 g/mol. The first kappa shape index (κ1) is 13.4. The molecule has 0 amide bonds. The highest BCUT2D eigenvalue weighted by Gasteiger charge is 2.29. The van der Waals surface area contributed by atoms with Crippen LogP contribution in [0.1, 0.15) is 17.0 Å². The van der Waals surface area contributed by atoms with Crippen LogP contribution in [0.3, 0.4) is 0 Å². The number of phenols is 1. The summed E-state index contributed by atoms with van der Waals surface area (Å²) in [5.41, 5.74) is 8.31. The minimum atomic E-state index is -0.211. The number of rotatable bonds is 1. The number of terminal acetylenes is 1. The van der Waals surface area contributed by atoms with E-state index in [9.17, 15) is 5.11 Å². The highest BCUT2D eigenvalue weighted by molar-refractivity contribution is 6.30. The van der Waals surface area contributed by atoms with Crippen molar-refractivity contribution in [3.05, 3.63) is 70.1 Å². The molecule has 0 bridgehead atoms. The van der Waals surface area contributed by atoms with Crippen LogP contribution in [-0.4, -0.2) is 5.11 Å². The molecule has 0 radical (unpaired) electrons. The summed E-state index contributed by atoms with van der Waals surface area (Å²) >= 11 is 5.94. The van der Waals surface area contributed by atoms with Crippen LogP contribution in [0.15, 0.2) is 53.9 Å². The molecule has 0 spiro atoms. The van der Waals surface area contributed by atoms with Gasteiger partial charge in [-0.3, -0.25) is 0 Å². The number of nitrogens with two attached hydrogens (primary N) is 1. The zero-order chi connectivity index (χ0) is 15.0. The van der Waals surface area contributed by atoms with Crippen LogP contribution in [0.2, 0.25) is 5.02 Å². The van der Waals surface area contributed by atoms with E-state index >= 15 is 0 Å². The molecule has 3 rings (SSSR count). The van der Waals surface area contributed by atoms with Gasteiger partial charge in [-0.1, -0.05) is 35.7 Å². The monoisotopic (exact) mass is 297 g/mol. The molecule has 1 aliphatic rings. The molecule has 3 N–H and O–H groups in total. The second-order valence-corrected chi connectivity index (χ2v) is 5.17. The van der Waals surface area contributed by atoms with Crippen molar-refractivity contribution in [3.63, 3.8) is 0 Å². The molecule has 4 heteroatoms. The van der Waals surface area contributed by atoms with Gasteiger partial charge in [0.2, 0.25) is 5.88 Å². The third kappa shape index (κ3) is 2.31. The normalized spacial score (nSPS) is 16.9. The topological polar surface area (TPSA) is 55.5 Å². The Labute approximate surface area is 127 Å². The van der Waals surface area contributed by atoms with E-state index < -0.39 is 0 Å². The molecule has 0 fully saturated rings. The van der Waals surface area contributed by atoms with Gasteiger partial charge < -0.3 is 15.6 Å². The summed E-state index contributed by atoms with van der Waals surface area (Å²) in [4.78, 5) is 0. The Kier molecular flexibility index (Phi) is 3.25. The molecule has 0 saturated heterocycles. The first-order valence-electron chi connectivity index (χ1n) is 6.32. The van der Waals surface area contributed by atoms with Crippen molar-refractivity contribution in [2.45, 2.75) is 5.92 Å². The molecule has 1 heterocycles. The first-order chi connectivity index (χ1) is 10.1. The van der Waals surface area contributed by atoms with Crippen LogP contribution in [-0.2, 0) is 0 Å². The second-order valence-electron chi connectivity index (χ2n) is 4.73. The molecule has 1 aliphatic heterocycles. The van der Waals surface area contributed by atoms with E-state index in [4.69, 9.17) is 28.5 Å². The third-order valence-corrected chi connectivity index (χ3v) is 3.69. The number of phenolic OH excluding ortho intramolecular Hbond substituents is 1. The number of ether oxygens (including phenoxy) is 1. The lowest BCUT2D eigenvalue weighted by molar-refractivity contribution is 0.388. The van der Waals surface area contributed by atoms with Crippen molar-refractivity contribution in [1.82, 2.24) is 0 Å². The van der Waals surface area contributed by atoms with E-state index in [0.29, 0.717) is 16.3 Å². The van der Waals surface area contributed by atoms with Crippen molar-refractivity contribution in [1.29, 1.82) is 0 Å². The van der Waals surface area contributed by atoms with Gasteiger partial charge in [0.25, 0.3) is 0 Å². The van der Waals surface area contributed by atoms with Crippen molar-refractivity contribution in [2.75, 3.05) is 0 Å². The Balaban J connectivity index is 2.21. The van der Waals surface area contributed by atoms with Gasteiger partial charge in [0.15, 0.2) is 0 Å². The Morgan fingerprint density at radius 3 is 2.57 bits per heavy atom. The number of fused-ring (bicyclic) bond motifs is 1. The van der Waals surface area contributed by atoms with E-state index in [1.807, 2.05) is 12.1 Å². The lowest BCUT2D eigenvalue weighted by Crippen LogP contribution is -2.20. The maximum atomic E-state index is 9.60. The fraction of sp³-hybridized carbons (Fsp3) is 0.0588. The minimum Gasteiger partial charge on any atom is -0.508 e. The smallest absolute Gasteiger partial charge is 0.203 e. The maximum absolute atomic E-state index is 9.60. The Bertz CT molecular complexity index is 772. The number of benzene rings is 2. The quantitative estimate of drug-likeness (QED) is 0.794. The van der Waals surface area contributed by atoms with E-state index in [0.717, 1.165) is 11.1 Å². The molecule has 21 heavy (non-hydrogen) atoms. The SMILES string of the molecule is C#CC1=C(N)Oc2cc(O)ccc2[C@@H]1c1ccc(Cl)cc1. The number of hydrogen-bond donors (Lipinski definition) is 2. The molecule has 0 saturated carbocycles. The van der Waals surface area contributed by atoms with Crippen LogP contribution in [0, 0.1) is 12.3 Å². The van der Waals surface area contributed by atoms with E-state index in [2.05, 4.69) is 5.92 Å². The van der Waals surface area contributed by atoms with Gasteiger partial charge in [0.1, 0.15) is 11.5 Å². The number of hydrogen-bond acceptors (Lipinski definition) is 3. The number of allylic oxidation sites excluding steroid dienone is 1. The molecule has 1 atom stereocenters. The summed E-state index contributed by atoms with van der Waals surface area (Å²) in [6.07, 6.45) is 5.60. The molecule has 104 valence electrons. The summed E-state index contributed by atoms with van der Waals surface area (Å²) < 4.78 is 5.52. The van der Waals surface area contributed by atoms with Crippen LogP contribution in [0.4, 0.5) is 0 Å². The predicted octanol–water partition coefficient (Wildman–Crippen LogP) is 3.37. The fourth-order valence-corrected chi connectivity index (χ4v) is 2.60. The Hall–Kier alpha value is -2.57. The average Bonchev–Trinajstić information content (AvgIpc) is 2.46. The van der Waals surface area contributed by atoms with Gasteiger partial charge >= 0.3 is 0 Å². The lowest BCUT2D eigenvalue weighted by atomic mass is 9.83. The van der Waals surface area contributed by atoms with Gasteiger partial charge in [-0.25, -0.2) is 0 Å². The summed E-state index contributed by atoms with van der Waals surface area (Å²) in [6, 6.07) is 12.3. The third-order valence-electron chi connectivity index (χ3n) is 3.44. The van der Waals surface area contributed by atoms with Crippen molar-refractivity contribution < 1.29 is 9.84 Å². The largest absolute Gasteiger partial charge is 0.508 e. The van der Waals surface area contributed by atoms with Crippen molar-refractivity contribution >= 4 is 11.6 Å². The molecule has 2 aromatic rings. The second kappa shape index (κ2) is 5.08. The zero-order valence-corrected chi connectivity index (χ0v) is 11.8. The van der Waals surface area contributed by atoms with Gasteiger partial charge in [-0.05, 0) is 23.8 Å². The van der Waals surface area contributed by atoms with E-state index in [1.54, 1.807) is 24.3 Å². The van der Waals surface area contributed by atoms with Gasteiger partial charge in [0.05, 0.1) is 11.5 Å². The Morgan fingerprint density at radius 2 is 1.90 bits per heavy atom. The highest BCUT2D eigenvalue weighted by Crippen LogP contribution is 2.43. The molecule has 0 aliphatic carbocycles. The van der Waals surface area contributed by atoms with Crippen LogP contribution >= 0.6 is 11.6 Å². The summed E-state index contributed by atoms with van der Waals surface area (Å²) in [6.45, 7) is 0. The molecule has 0 unspecified atom stereocenters.